The number of hydrogen-bond donors (Lipinski definition) is 1. The van der Waals surface area contributed by atoms with E-state index in [1.165, 1.54) is 5.56 Å². The van der Waals surface area contributed by atoms with E-state index in [-0.39, 0.29) is 11.9 Å². The molecule has 0 aliphatic carbocycles. The number of benzene rings is 3. The SMILES string of the molecule is Cc1ccc([C@@H](NC(=O)c2cc(C)ccc2C)c2ccccc2)cc1. The minimum absolute atomic E-state index is 0.0457. The zero-order valence-corrected chi connectivity index (χ0v) is 14.9. The van der Waals surface area contributed by atoms with Crippen molar-refractivity contribution in [1.82, 2.24) is 5.32 Å². The second-order valence-corrected chi connectivity index (χ2v) is 6.55. The predicted molar refractivity (Wildman–Crippen MR) is 103 cm³/mol. The molecule has 25 heavy (non-hydrogen) atoms. The van der Waals surface area contributed by atoms with Gasteiger partial charge >= 0.3 is 0 Å². The second-order valence-electron chi connectivity index (χ2n) is 6.55. The minimum Gasteiger partial charge on any atom is -0.341 e. The van der Waals surface area contributed by atoms with Crippen LogP contribution in [0.3, 0.4) is 0 Å². The molecule has 0 aliphatic rings. The van der Waals surface area contributed by atoms with E-state index in [2.05, 4.69) is 36.5 Å². The lowest BCUT2D eigenvalue weighted by Crippen LogP contribution is -2.30. The summed E-state index contributed by atoms with van der Waals surface area (Å²) in [4.78, 5) is 12.9. The molecule has 3 aromatic carbocycles. The van der Waals surface area contributed by atoms with E-state index in [0.29, 0.717) is 0 Å². The average Bonchev–Trinajstić information content (AvgIpc) is 2.63. The molecule has 2 nitrogen and oxygen atoms in total. The first-order chi connectivity index (χ1) is 12.0. The Morgan fingerprint density at radius 3 is 2.04 bits per heavy atom. The normalized spacial score (nSPS) is 11.8. The molecular weight excluding hydrogens is 306 g/mol. The molecular formula is C23H23NO. The van der Waals surface area contributed by atoms with E-state index in [9.17, 15) is 4.79 Å². The number of aryl methyl sites for hydroxylation is 3. The summed E-state index contributed by atoms with van der Waals surface area (Å²) in [7, 11) is 0. The van der Waals surface area contributed by atoms with Gasteiger partial charge < -0.3 is 5.32 Å². The van der Waals surface area contributed by atoms with Crippen molar-refractivity contribution in [2.45, 2.75) is 26.8 Å². The van der Waals surface area contributed by atoms with Gasteiger partial charge in [0.15, 0.2) is 0 Å². The predicted octanol–water partition coefficient (Wildman–Crippen LogP) is 5.13. The Morgan fingerprint density at radius 2 is 1.36 bits per heavy atom. The number of carbonyl (C=O) groups is 1. The summed E-state index contributed by atoms with van der Waals surface area (Å²) in [6.07, 6.45) is 0. The third kappa shape index (κ3) is 3.97. The lowest BCUT2D eigenvalue weighted by Gasteiger charge is -2.21. The van der Waals surface area contributed by atoms with Crippen LogP contribution in [0.5, 0.6) is 0 Å². The Hall–Kier alpha value is -2.87. The summed E-state index contributed by atoms with van der Waals surface area (Å²) < 4.78 is 0. The van der Waals surface area contributed by atoms with Crippen molar-refractivity contribution in [1.29, 1.82) is 0 Å². The average molecular weight is 329 g/mol. The highest BCUT2D eigenvalue weighted by Crippen LogP contribution is 2.23. The van der Waals surface area contributed by atoms with Crippen molar-refractivity contribution in [3.05, 3.63) is 106 Å². The Labute approximate surface area is 149 Å². The standard InChI is InChI=1S/C23H23NO/c1-16-10-13-20(14-11-16)22(19-7-5-4-6-8-19)24-23(25)21-15-17(2)9-12-18(21)3/h4-15,22H,1-3H3,(H,24,25)/t22-/m0/s1. The quantitative estimate of drug-likeness (QED) is 0.706. The van der Waals surface area contributed by atoms with E-state index >= 15 is 0 Å². The van der Waals surface area contributed by atoms with Crippen LogP contribution in [0.4, 0.5) is 0 Å². The Kier molecular flexibility index (Phi) is 4.99. The fourth-order valence-corrected chi connectivity index (χ4v) is 2.95. The van der Waals surface area contributed by atoms with Crippen molar-refractivity contribution < 1.29 is 4.79 Å². The molecule has 1 N–H and O–H groups in total. The molecule has 0 unspecified atom stereocenters. The smallest absolute Gasteiger partial charge is 0.252 e. The molecule has 0 radical (unpaired) electrons. The van der Waals surface area contributed by atoms with Gasteiger partial charge in [-0.25, -0.2) is 0 Å². The molecule has 2 heteroatoms. The topological polar surface area (TPSA) is 29.1 Å². The van der Waals surface area contributed by atoms with Crippen LogP contribution in [-0.2, 0) is 0 Å². The van der Waals surface area contributed by atoms with Gasteiger partial charge in [-0.15, -0.1) is 0 Å². The molecule has 0 aliphatic heterocycles. The molecule has 1 amide bonds. The monoisotopic (exact) mass is 329 g/mol. The lowest BCUT2D eigenvalue weighted by atomic mass is 9.97. The van der Waals surface area contributed by atoms with Gasteiger partial charge in [0.25, 0.3) is 5.91 Å². The van der Waals surface area contributed by atoms with E-state index in [1.54, 1.807) is 0 Å². The minimum atomic E-state index is -0.172. The number of carbonyl (C=O) groups excluding carboxylic acids is 1. The highest BCUT2D eigenvalue weighted by atomic mass is 16.1. The van der Waals surface area contributed by atoms with Gasteiger partial charge in [0.1, 0.15) is 0 Å². The molecule has 3 aromatic rings. The summed E-state index contributed by atoms with van der Waals surface area (Å²) in [6.45, 7) is 6.04. The molecule has 0 aromatic heterocycles. The molecule has 0 bridgehead atoms. The van der Waals surface area contributed by atoms with Crippen molar-refractivity contribution in [2.75, 3.05) is 0 Å². The van der Waals surface area contributed by atoms with Crippen molar-refractivity contribution in [3.8, 4) is 0 Å². The first-order valence-electron chi connectivity index (χ1n) is 8.54. The van der Waals surface area contributed by atoms with Gasteiger partial charge in [0, 0.05) is 5.56 Å². The van der Waals surface area contributed by atoms with Crippen LogP contribution < -0.4 is 5.32 Å². The van der Waals surface area contributed by atoms with E-state index < -0.39 is 0 Å². The Bertz CT molecular complexity index is 866. The molecule has 0 spiro atoms. The maximum atomic E-state index is 12.9. The number of rotatable bonds is 4. The zero-order valence-electron chi connectivity index (χ0n) is 14.9. The molecule has 0 saturated carbocycles. The maximum absolute atomic E-state index is 12.9. The summed E-state index contributed by atoms with van der Waals surface area (Å²) in [5.41, 5.74) is 6.16. The summed E-state index contributed by atoms with van der Waals surface area (Å²) in [5.74, 6) is -0.0457. The van der Waals surface area contributed by atoms with Crippen LogP contribution >= 0.6 is 0 Å². The van der Waals surface area contributed by atoms with Crippen LogP contribution in [-0.4, -0.2) is 5.91 Å². The Balaban J connectivity index is 1.96. The molecule has 0 heterocycles. The van der Waals surface area contributed by atoms with E-state index in [4.69, 9.17) is 0 Å². The molecule has 0 saturated heterocycles. The second kappa shape index (κ2) is 7.35. The van der Waals surface area contributed by atoms with Crippen LogP contribution in [0, 0.1) is 20.8 Å². The van der Waals surface area contributed by atoms with Crippen molar-refractivity contribution in [3.63, 3.8) is 0 Å². The van der Waals surface area contributed by atoms with Gasteiger partial charge in [0.2, 0.25) is 0 Å². The molecule has 3 rings (SSSR count). The summed E-state index contributed by atoms with van der Waals surface area (Å²) in [6, 6.07) is 24.2. The first kappa shape index (κ1) is 17.0. The largest absolute Gasteiger partial charge is 0.341 e. The fourth-order valence-electron chi connectivity index (χ4n) is 2.95. The van der Waals surface area contributed by atoms with Crippen LogP contribution in [0.2, 0.25) is 0 Å². The van der Waals surface area contributed by atoms with Crippen LogP contribution in [0.1, 0.15) is 44.2 Å². The van der Waals surface area contributed by atoms with Crippen LogP contribution in [0.25, 0.3) is 0 Å². The molecule has 126 valence electrons. The number of nitrogens with one attached hydrogen (secondary N) is 1. The van der Waals surface area contributed by atoms with E-state index in [0.717, 1.165) is 27.8 Å². The molecule has 0 fully saturated rings. The van der Waals surface area contributed by atoms with Crippen molar-refractivity contribution >= 4 is 5.91 Å². The van der Waals surface area contributed by atoms with Gasteiger partial charge in [-0.1, -0.05) is 77.9 Å². The highest BCUT2D eigenvalue weighted by molar-refractivity contribution is 5.96. The molecule has 1 atom stereocenters. The van der Waals surface area contributed by atoms with Gasteiger partial charge in [-0.05, 0) is 43.5 Å². The van der Waals surface area contributed by atoms with Gasteiger partial charge in [0.05, 0.1) is 6.04 Å². The first-order valence-corrected chi connectivity index (χ1v) is 8.54. The third-order valence-electron chi connectivity index (χ3n) is 4.46. The number of hydrogen-bond acceptors (Lipinski definition) is 1. The lowest BCUT2D eigenvalue weighted by molar-refractivity contribution is 0.0942. The summed E-state index contributed by atoms with van der Waals surface area (Å²) in [5, 5.41) is 3.21. The van der Waals surface area contributed by atoms with Crippen molar-refractivity contribution in [2.24, 2.45) is 0 Å². The number of amides is 1. The van der Waals surface area contributed by atoms with Crippen LogP contribution in [0.15, 0.2) is 72.8 Å². The maximum Gasteiger partial charge on any atom is 0.252 e. The fraction of sp³-hybridized carbons (Fsp3) is 0.174. The zero-order chi connectivity index (χ0) is 17.8. The Morgan fingerprint density at radius 1 is 0.760 bits per heavy atom. The van der Waals surface area contributed by atoms with Gasteiger partial charge in [-0.2, -0.15) is 0 Å². The summed E-state index contributed by atoms with van der Waals surface area (Å²) >= 11 is 0. The van der Waals surface area contributed by atoms with E-state index in [1.807, 2.05) is 62.4 Å². The van der Waals surface area contributed by atoms with Gasteiger partial charge in [-0.3, -0.25) is 4.79 Å². The third-order valence-corrected chi connectivity index (χ3v) is 4.46. The highest BCUT2D eigenvalue weighted by Gasteiger charge is 2.18.